The molecule has 0 spiro atoms. The number of carbonyl (C=O) groups is 1. The molecular weight excluding hydrogens is 374 g/mol. The SMILES string of the molecule is C[C@]12C[C@H](c3ccc(O)cc3)[C@H]3[C@@H](C=CC4=CC(=O)CC[C@@H]43)[C@@H]1CC[C@@]2(O)CC#N. The van der Waals surface area contributed by atoms with Crippen molar-refractivity contribution in [3.63, 3.8) is 0 Å². The Morgan fingerprint density at radius 2 is 1.97 bits per heavy atom. The minimum atomic E-state index is -0.959. The van der Waals surface area contributed by atoms with Crippen molar-refractivity contribution >= 4 is 5.78 Å². The zero-order valence-electron chi connectivity index (χ0n) is 17.4. The summed E-state index contributed by atoms with van der Waals surface area (Å²) in [6.45, 7) is 2.19. The molecule has 5 rings (SSSR count). The first kappa shape index (κ1) is 19.6. The second-order valence-electron chi connectivity index (χ2n) is 10.1. The van der Waals surface area contributed by atoms with E-state index in [2.05, 4.69) is 25.1 Å². The van der Waals surface area contributed by atoms with Gasteiger partial charge in [-0.25, -0.2) is 0 Å². The maximum Gasteiger partial charge on any atom is 0.155 e. The van der Waals surface area contributed by atoms with Crippen molar-refractivity contribution in [2.45, 2.75) is 57.0 Å². The number of carbonyl (C=O) groups excluding carboxylic acids is 1. The number of nitrogens with zero attached hydrogens (tertiary/aromatic N) is 1. The van der Waals surface area contributed by atoms with Crippen LogP contribution in [0.1, 0.15) is 56.9 Å². The number of ketones is 1. The fourth-order valence-corrected chi connectivity index (χ4v) is 7.36. The van der Waals surface area contributed by atoms with Crippen LogP contribution in [-0.2, 0) is 4.79 Å². The van der Waals surface area contributed by atoms with Gasteiger partial charge in [-0.2, -0.15) is 5.26 Å². The van der Waals surface area contributed by atoms with E-state index in [1.165, 1.54) is 5.56 Å². The van der Waals surface area contributed by atoms with Gasteiger partial charge in [-0.15, -0.1) is 0 Å². The monoisotopic (exact) mass is 403 g/mol. The number of allylic oxidation sites excluding steroid dienone is 4. The number of fused-ring (bicyclic) bond motifs is 5. The molecule has 0 heterocycles. The first-order valence-electron chi connectivity index (χ1n) is 11.2. The molecule has 2 saturated carbocycles. The highest BCUT2D eigenvalue weighted by Gasteiger charge is 2.64. The number of hydrogen-bond acceptors (Lipinski definition) is 4. The van der Waals surface area contributed by atoms with Gasteiger partial charge in [0.05, 0.1) is 18.1 Å². The summed E-state index contributed by atoms with van der Waals surface area (Å²) in [5, 5.41) is 30.8. The Labute approximate surface area is 177 Å². The fourth-order valence-electron chi connectivity index (χ4n) is 7.36. The van der Waals surface area contributed by atoms with Crippen molar-refractivity contribution in [2.75, 3.05) is 0 Å². The molecule has 4 aliphatic rings. The minimum absolute atomic E-state index is 0.173. The summed E-state index contributed by atoms with van der Waals surface area (Å²) >= 11 is 0. The van der Waals surface area contributed by atoms with Crippen LogP contribution in [0.5, 0.6) is 5.75 Å². The van der Waals surface area contributed by atoms with E-state index < -0.39 is 5.60 Å². The predicted molar refractivity (Wildman–Crippen MR) is 113 cm³/mol. The maximum absolute atomic E-state index is 12.1. The number of hydrogen-bond donors (Lipinski definition) is 2. The summed E-state index contributed by atoms with van der Waals surface area (Å²) in [5.74, 6) is 2.08. The molecule has 0 saturated heterocycles. The number of benzene rings is 1. The number of rotatable bonds is 2. The predicted octanol–water partition coefficient (Wildman–Crippen LogP) is 4.65. The third kappa shape index (κ3) is 2.72. The van der Waals surface area contributed by atoms with Crippen molar-refractivity contribution in [3.8, 4) is 11.8 Å². The maximum atomic E-state index is 12.1. The number of phenolic OH excluding ortho intramolecular Hbond substituents is 1. The molecular formula is C26H29NO3. The Morgan fingerprint density at radius 3 is 2.70 bits per heavy atom. The lowest BCUT2D eigenvalue weighted by molar-refractivity contribution is -0.117. The van der Waals surface area contributed by atoms with E-state index in [-0.39, 0.29) is 29.3 Å². The van der Waals surface area contributed by atoms with E-state index in [1.54, 1.807) is 12.1 Å². The third-order valence-electron chi connectivity index (χ3n) is 8.89. The highest BCUT2D eigenvalue weighted by Crippen LogP contribution is 2.67. The van der Waals surface area contributed by atoms with Gasteiger partial charge in [0, 0.05) is 11.8 Å². The molecule has 156 valence electrons. The van der Waals surface area contributed by atoms with Crippen molar-refractivity contribution in [3.05, 3.63) is 53.6 Å². The third-order valence-corrected chi connectivity index (χ3v) is 8.89. The smallest absolute Gasteiger partial charge is 0.155 e. The van der Waals surface area contributed by atoms with Crippen molar-refractivity contribution in [2.24, 2.45) is 29.1 Å². The van der Waals surface area contributed by atoms with Crippen LogP contribution in [0, 0.1) is 40.4 Å². The van der Waals surface area contributed by atoms with E-state index in [0.717, 1.165) is 24.8 Å². The molecule has 30 heavy (non-hydrogen) atoms. The molecule has 1 aromatic carbocycles. The van der Waals surface area contributed by atoms with Crippen LogP contribution >= 0.6 is 0 Å². The molecule has 0 bridgehead atoms. The molecule has 0 unspecified atom stereocenters. The van der Waals surface area contributed by atoms with Crippen LogP contribution in [0.3, 0.4) is 0 Å². The average molecular weight is 404 g/mol. The normalized spacial score (nSPS) is 42.0. The zero-order chi connectivity index (χ0) is 21.1. The van der Waals surface area contributed by atoms with Gasteiger partial charge in [-0.1, -0.05) is 31.2 Å². The molecule has 2 N–H and O–H groups in total. The molecule has 4 nitrogen and oxygen atoms in total. The number of aliphatic hydroxyl groups is 1. The summed E-state index contributed by atoms with van der Waals surface area (Å²) in [6, 6.07) is 9.75. The molecule has 0 aromatic heterocycles. The van der Waals surface area contributed by atoms with E-state index in [1.807, 2.05) is 18.2 Å². The second kappa shape index (κ2) is 6.82. The lowest BCUT2D eigenvalue weighted by Gasteiger charge is -2.57. The Hall–Kier alpha value is -2.38. The Kier molecular flexibility index (Phi) is 4.45. The Bertz CT molecular complexity index is 971. The second-order valence-corrected chi connectivity index (χ2v) is 10.1. The number of phenols is 1. The summed E-state index contributed by atoms with van der Waals surface area (Å²) < 4.78 is 0. The average Bonchev–Trinajstić information content (AvgIpc) is 2.98. The van der Waals surface area contributed by atoms with Crippen molar-refractivity contribution in [1.82, 2.24) is 0 Å². The summed E-state index contributed by atoms with van der Waals surface area (Å²) in [6.07, 6.45) is 10.4. The first-order valence-corrected chi connectivity index (χ1v) is 11.2. The van der Waals surface area contributed by atoms with Crippen LogP contribution in [0.2, 0.25) is 0 Å². The van der Waals surface area contributed by atoms with Crippen molar-refractivity contribution < 1.29 is 15.0 Å². The molecule has 4 aliphatic carbocycles. The standard InChI is InChI=1S/C26H29NO3/c1-25-15-22(16-2-5-18(28)6-3-16)24-20-9-7-19(29)14-17(20)4-8-21(24)23(25)10-11-26(25,30)12-13-27/h2-6,8,14,20-24,28,30H,7,9-12,15H2,1H3/t20-,21-,22+,23-,24+,25-,26+/m0/s1. The van der Waals surface area contributed by atoms with E-state index >= 15 is 0 Å². The van der Waals surface area contributed by atoms with Crippen molar-refractivity contribution in [1.29, 1.82) is 5.26 Å². The molecule has 0 aliphatic heterocycles. The summed E-state index contributed by atoms with van der Waals surface area (Å²) in [4.78, 5) is 12.1. The number of aromatic hydroxyl groups is 1. The molecule has 4 heteroatoms. The van der Waals surface area contributed by atoms with Crippen LogP contribution < -0.4 is 0 Å². The van der Waals surface area contributed by atoms with Gasteiger partial charge in [-0.3, -0.25) is 4.79 Å². The van der Waals surface area contributed by atoms with Gasteiger partial charge >= 0.3 is 0 Å². The largest absolute Gasteiger partial charge is 0.508 e. The highest BCUT2D eigenvalue weighted by atomic mass is 16.3. The quantitative estimate of drug-likeness (QED) is 0.753. The Balaban J connectivity index is 1.64. The van der Waals surface area contributed by atoms with Gasteiger partial charge < -0.3 is 10.2 Å². The van der Waals surface area contributed by atoms with Crippen LogP contribution in [-0.4, -0.2) is 21.6 Å². The highest BCUT2D eigenvalue weighted by molar-refractivity contribution is 5.92. The lowest BCUT2D eigenvalue weighted by atomic mass is 9.48. The van der Waals surface area contributed by atoms with Crippen LogP contribution in [0.15, 0.2) is 48.1 Å². The van der Waals surface area contributed by atoms with Gasteiger partial charge in [0.1, 0.15) is 5.75 Å². The molecule has 0 amide bonds. The summed E-state index contributed by atoms with van der Waals surface area (Å²) in [5.41, 5.74) is 1.05. The fraction of sp³-hybridized carbons (Fsp3) is 0.538. The van der Waals surface area contributed by atoms with E-state index in [4.69, 9.17) is 0 Å². The Morgan fingerprint density at radius 1 is 1.20 bits per heavy atom. The minimum Gasteiger partial charge on any atom is -0.508 e. The zero-order valence-corrected chi connectivity index (χ0v) is 17.4. The van der Waals surface area contributed by atoms with Gasteiger partial charge in [0.15, 0.2) is 5.78 Å². The van der Waals surface area contributed by atoms with Crippen LogP contribution in [0.4, 0.5) is 0 Å². The molecule has 0 radical (unpaired) electrons. The van der Waals surface area contributed by atoms with Gasteiger partial charge in [0.2, 0.25) is 0 Å². The topological polar surface area (TPSA) is 81.3 Å². The van der Waals surface area contributed by atoms with E-state index in [9.17, 15) is 20.3 Å². The lowest BCUT2D eigenvalue weighted by Crippen LogP contribution is -2.54. The number of nitriles is 1. The summed E-state index contributed by atoms with van der Waals surface area (Å²) in [7, 11) is 0. The van der Waals surface area contributed by atoms with Gasteiger partial charge in [0.25, 0.3) is 0 Å². The van der Waals surface area contributed by atoms with E-state index in [0.29, 0.717) is 36.5 Å². The molecule has 2 fully saturated rings. The molecule has 7 atom stereocenters. The van der Waals surface area contributed by atoms with Gasteiger partial charge in [-0.05, 0) is 84.6 Å². The first-order chi connectivity index (χ1) is 14.4. The van der Waals surface area contributed by atoms with Crippen LogP contribution in [0.25, 0.3) is 0 Å². The molecule has 1 aromatic rings.